The second-order valence-corrected chi connectivity index (χ2v) is 9.86. The van der Waals surface area contributed by atoms with E-state index < -0.39 is 52.9 Å². The van der Waals surface area contributed by atoms with Gasteiger partial charge in [0, 0.05) is 18.5 Å². The normalized spacial score (nSPS) is 18.2. The minimum Gasteiger partial charge on any atom is -0.478 e. The van der Waals surface area contributed by atoms with E-state index in [1.807, 2.05) is 0 Å². The van der Waals surface area contributed by atoms with Gasteiger partial charge in [-0.25, -0.2) is 14.6 Å². The molecule has 3 amide bonds. The minimum absolute atomic E-state index is 0.0190. The molecule has 0 bridgehead atoms. The second kappa shape index (κ2) is 11.4. The molecule has 1 aromatic rings. The van der Waals surface area contributed by atoms with Crippen LogP contribution < -0.4 is 21.3 Å². The van der Waals surface area contributed by atoms with Gasteiger partial charge in [-0.3, -0.25) is 14.9 Å². The van der Waals surface area contributed by atoms with Crippen molar-refractivity contribution in [2.75, 3.05) is 25.0 Å². The number of carbonyl (C=O) groups excluding carboxylic acids is 3. The number of aromatic nitrogens is 1. The summed E-state index contributed by atoms with van der Waals surface area (Å²) in [5, 5.41) is 33.9. The van der Waals surface area contributed by atoms with Gasteiger partial charge >= 0.3 is 12.1 Å². The van der Waals surface area contributed by atoms with E-state index in [9.17, 15) is 24.3 Å². The maximum atomic E-state index is 13.0. The quantitative estimate of drug-likeness (QED) is 0.0980. The summed E-state index contributed by atoms with van der Waals surface area (Å²) < 4.78 is 5.17. The zero-order valence-corrected chi connectivity index (χ0v) is 20.8. The third-order valence-corrected chi connectivity index (χ3v) is 5.16. The Labute approximate surface area is 205 Å². The van der Waals surface area contributed by atoms with Crippen LogP contribution in [0.5, 0.6) is 0 Å². The molecule has 0 unspecified atom stereocenters. The highest BCUT2D eigenvalue weighted by Gasteiger charge is 2.41. The number of carboxylic acids is 1. The van der Waals surface area contributed by atoms with Crippen LogP contribution in [0.4, 0.5) is 9.93 Å². The summed E-state index contributed by atoms with van der Waals surface area (Å²) in [7, 11) is 0. The zero-order valence-electron chi connectivity index (χ0n) is 20.0. The number of carbonyl (C=O) groups is 4. The number of nitrogens with one attached hydrogen (secondary N) is 4. The highest BCUT2D eigenvalue weighted by Crippen LogP contribution is 2.19. The summed E-state index contributed by atoms with van der Waals surface area (Å²) in [6.45, 7) is 8.09. The van der Waals surface area contributed by atoms with E-state index in [4.69, 9.17) is 14.7 Å². The molecule has 1 aromatic heterocycles. The van der Waals surface area contributed by atoms with Crippen molar-refractivity contribution in [2.24, 2.45) is 5.16 Å². The molecule has 1 aliphatic heterocycles. The first-order valence-corrected chi connectivity index (χ1v) is 11.5. The number of thiazole rings is 1. The van der Waals surface area contributed by atoms with Gasteiger partial charge in [0.15, 0.2) is 10.8 Å². The standard InChI is InChI=1S/C20H30N6O8S/c1-19(2,3)33-18(32)25-17-23-11(9-35-17)13(26-34-20(4,5)16(30)31)15(29)24-12-10(22-14(12)28)8-21-6-7-27/h9-10,12,21,27H,6-8H2,1-5H3,(H,22,28)(H,24,29)(H,30,31)(H,23,25,32)/t10-,12+/m1/s1. The Hall–Kier alpha value is -3.30. The number of aliphatic carboxylic acids is 1. The average molecular weight is 515 g/mol. The number of aliphatic hydroxyl groups excluding tert-OH is 1. The Balaban J connectivity index is 2.22. The van der Waals surface area contributed by atoms with Gasteiger partial charge in [0.2, 0.25) is 11.5 Å². The Bertz CT molecular complexity index is 987. The molecular formula is C20H30N6O8S. The van der Waals surface area contributed by atoms with Crippen molar-refractivity contribution in [3.63, 3.8) is 0 Å². The van der Waals surface area contributed by atoms with E-state index in [2.05, 4.69) is 31.4 Å². The topological polar surface area (TPSA) is 201 Å². The Kier molecular flexibility index (Phi) is 9.12. The molecule has 1 fully saturated rings. The molecule has 15 heteroatoms. The number of ether oxygens (including phenoxy) is 1. The van der Waals surface area contributed by atoms with Gasteiger partial charge in [0.1, 0.15) is 17.3 Å². The van der Waals surface area contributed by atoms with Crippen molar-refractivity contribution < 1.29 is 39.0 Å². The number of hydrogen-bond donors (Lipinski definition) is 6. The molecule has 6 N–H and O–H groups in total. The Morgan fingerprint density at radius 3 is 2.51 bits per heavy atom. The molecule has 2 rings (SSSR count). The fourth-order valence-electron chi connectivity index (χ4n) is 2.56. The molecule has 2 atom stereocenters. The molecule has 14 nitrogen and oxygen atoms in total. The summed E-state index contributed by atoms with van der Waals surface area (Å²) in [6.07, 6.45) is -0.756. The van der Waals surface area contributed by atoms with Crippen molar-refractivity contribution in [3.05, 3.63) is 11.1 Å². The van der Waals surface area contributed by atoms with Crippen molar-refractivity contribution in [1.29, 1.82) is 0 Å². The summed E-state index contributed by atoms with van der Waals surface area (Å²) in [5.74, 6) is -2.59. The smallest absolute Gasteiger partial charge is 0.413 e. The number of oxime groups is 1. The first-order chi connectivity index (χ1) is 16.2. The third-order valence-electron chi connectivity index (χ3n) is 4.40. The fraction of sp³-hybridized carbons (Fsp3) is 0.600. The molecule has 2 heterocycles. The highest BCUT2D eigenvalue weighted by molar-refractivity contribution is 7.14. The van der Waals surface area contributed by atoms with Crippen LogP contribution in [-0.2, 0) is 24.0 Å². The predicted molar refractivity (Wildman–Crippen MR) is 125 cm³/mol. The Morgan fingerprint density at radius 2 is 1.94 bits per heavy atom. The third kappa shape index (κ3) is 8.15. The molecule has 1 aliphatic rings. The molecular weight excluding hydrogens is 484 g/mol. The monoisotopic (exact) mass is 514 g/mol. The molecule has 0 aromatic carbocycles. The first kappa shape index (κ1) is 27.9. The van der Waals surface area contributed by atoms with Crippen LogP contribution in [0.15, 0.2) is 10.5 Å². The second-order valence-electron chi connectivity index (χ2n) is 9.01. The number of β-lactam (4-membered cyclic amide) rings is 1. The van der Waals surface area contributed by atoms with Gasteiger partial charge in [-0.1, -0.05) is 5.16 Å². The Morgan fingerprint density at radius 1 is 1.26 bits per heavy atom. The van der Waals surface area contributed by atoms with Crippen LogP contribution in [-0.4, -0.2) is 87.8 Å². The summed E-state index contributed by atoms with van der Waals surface area (Å²) in [4.78, 5) is 57.6. The summed E-state index contributed by atoms with van der Waals surface area (Å²) in [5.41, 5.74) is -2.91. The van der Waals surface area contributed by atoms with Crippen molar-refractivity contribution in [1.82, 2.24) is 20.9 Å². The van der Waals surface area contributed by atoms with Crippen LogP contribution in [0.25, 0.3) is 0 Å². The number of carboxylic acid groups (broad SMARTS) is 1. The predicted octanol–water partition coefficient (Wildman–Crippen LogP) is -0.361. The minimum atomic E-state index is -1.76. The van der Waals surface area contributed by atoms with E-state index in [0.29, 0.717) is 13.1 Å². The van der Waals surface area contributed by atoms with Crippen molar-refractivity contribution in [3.8, 4) is 0 Å². The molecule has 1 saturated heterocycles. The van der Waals surface area contributed by atoms with Gasteiger partial charge in [-0.15, -0.1) is 11.3 Å². The summed E-state index contributed by atoms with van der Waals surface area (Å²) in [6, 6.07) is -1.33. The van der Waals surface area contributed by atoms with Gasteiger partial charge in [0.25, 0.3) is 5.91 Å². The number of hydrogen-bond acceptors (Lipinski definition) is 11. The number of nitrogens with zero attached hydrogens (tertiary/aromatic N) is 2. The van der Waals surface area contributed by atoms with Gasteiger partial charge < -0.3 is 35.7 Å². The number of aliphatic hydroxyl groups is 1. The largest absolute Gasteiger partial charge is 0.478 e. The fourth-order valence-corrected chi connectivity index (χ4v) is 3.24. The van der Waals surface area contributed by atoms with Crippen molar-refractivity contribution in [2.45, 2.75) is 57.9 Å². The highest BCUT2D eigenvalue weighted by atomic mass is 32.1. The van der Waals surface area contributed by atoms with E-state index in [1.54, 1.807) is 20.8 Å². The SMILES string of the molecule is CC(C)(C)OC(=O)Nc1nc(C(=NOC(C)(C)C(=O)O)C(=O)N[C@@H]2C(=O)N[C@@H]2CNCCO)cs1. The maximum absolute atomic E-state index is 13.0. The number of amides is 3. The van der Waals surface area contributed by atoms with Crippen molar-refractivity contribution >= 4 is 46.1 Å². The van der Waals surface area contributed by atoms with Crippen LogP contribution >= 0.6 is 11.3 Å². The van der Waals surface area contributed by atoms with Gasteiger partial charge in [-0.2, -0.15) is 0 Å². The molecule has 0 spiro atoms. The lowest BCUT2D eigenvalue weighted by molar-refractivity contribution is -0.161. The van der Waals surface area contributed by atoms with E-state index in [-0.39, 0.29) is 17.4 Å². The zero-order chi connectivity index (χ0) is 26.4. The molecule has 35 heavy (non-hydrogen) atoms. The van der Waals surface area contributed by atoms with Crippen LogP contribution in [0.1, 0.15) is 40.3 Å². The molecule has 0 radical (unpaired) electrons. The number of anilines is 1. The maximum Gasteiger partial charge on any atom is 0.413 e. The summed E-state index contributed by atoms with van der Waals surface area (Å²) >= 11 is 0.974. The van der Waals surface area contributed by atoms with Crippen LogP contribution in [0.2, 0.25) is 0 Å². The first-order valence-electron chi connectivity index (χ1n) is 10.6. The van der Waals surface area contributed by atoms with E-state index in [1.165, 1.54) is 19.2 Å². The van der Waals surface area contributed by atoms with Crippen LogP contribution in [0, 0.1) is 0 Å². The molecule has 0 aliphatic carbocycles. The van der Waals surface area contributed by atoms with E-state index in [0.717, 1.165) is 11.3 Å². The number of rotatable bonds is 11. The lowest BCUT2D eigenvalue weighted by atomic mass is 9.98. The van der Waals surface area contributed by atoms with Crippen LogP contribution in [0.3, 0.4) is 0 Å². The van der Waals surface area contributed by atoms with E-state index >= 15 is 0 Å². The van der Waals surface area contributed by atoms with Gasteiger partial charge in [-0.05, 0) is 34.6 Å². The van der Waals surface area contributed by atoms with Gasteiger partial charge in [0.05, 0.1) is 12.6 Å². The average Bonchev–Trinajstić information content (AvgIpc) is 3.17. The molecule has 0 saturated carbocycles. The molecule has 194 valence electrons. The lowest BCUT2D eigenvalue weighted by Crippen LogP contribution is -2.72. The lowest BCUT2D eigenvalue weighted by Gasteiger charge is -2.37.